The Morgan fingerprint density at radius 1 is 1.15 bits per heavy atom. The number of fused-ring (bicyclic) bond motifs is 3. The van der Waals surface area contributed by atoms with E-state index >= 15 is 0 Å². The largest absolute Gasteiger partial charge is 0.337 e. The van der Waals surface area contributed by atoms with Gasteiger partial charge in [0.05, 0.1) is 12.2 Å². The number of hydrogen-bond donors (Lipinski definition) is 2. The van der Waals surface area contributed by atoms with E-state index in [1.165, 1.54) is 0 Å². The second-order valence-electron chi connectivity index (χ2n) is 6.34. The van der Waals surface area contributed by atoms with Crippen molar-refractivity contribution in [2.45, 2.75) is 30.3 Å². The molecule has 4 aromatic rings. The Labute approximate surface area is 158 Å². The maximum Gasteiger partial charge on any atom is 0.279 e. The molecule has 1 aromatic carbocycles. The molecule has 0 saturated carbocycles. The Kier molecular flexibility index (Phi) is 3.51. The molecule has 0 spiro atoms. The number of imidazole rings is 1. The van der Waals surface area contributed by atoms with E-state index in [1.54, 1.807) is 31.1 Å². The van der Waals surface area contributed by atoms with Gasteiger partial charge in [-0.15, -0.1) is 0 Å². The topological polar surface area (TPSA) is 101 Å². The van der Waals surface area contributed by atoms with Gasteiger partial charge in [0.25, 0.3) is 5.56 Å². The van der Waals surface area contributed by atoms with Crippen LogP contribution in [0.3, 0.4) is 0 Å². The van der Waals surface area contributed by atoms with Gasteiger partial charge in [0, 0.05) is 17.3 Å². The van der Waals surface area contributed by atoms with Crippen molar-refractivity contribution in [3.63, 3.8) is 0 Å². The van der Waals surface area contributed by atoms with Crippen molar-refractivity contribution < 1.29 is 0 Å². The summed E-state index contributed by atoms with van der Waals surface area (Å²) in [4.78, 5) is 33.5. The lowest BCUT2D eigenvalue weighted by molar-refractivity contribution is 0.774. The number of aromatic nitrogens is 6. The molecule has 0 atom stereocenters. The Morgan fingerprint density at radius 3 is 2.89 bits per heavy atom. The van der Waals surface area contributed by atoms with Crippen molar-refractivity contribution in [2.75, 3.05) is 5.32 Å². The zero-order valence-corrected chi connectivity index (χ0v) is 15.5. The number of H-pyrrole nitrogens is 1. The summed E-state index contributed by atoms with van der Waals surface area (Å²) in [6.45, 7) is 4.23. The third-order valence-corrected chi connectivity index (χ3v) is 5.49. The van der Waals surface area contributed by atoms with E-state index in [-0.39, 0.29) is 5.56 Å². The Morgan fingerprint density at radius 2 is 2.00 bits per heavy atom. The normalized spacial score (nSPS) is 12.5. The van der Waals surface area contributed by atoms with Gasteiger partial charge >= 0.3 is 0 Å². The molecule has 0 amide bonds. The van der Waals surface area contributed by atoms with Gasteiger partial charge in [0.2, 0.25) is 0 Å². The highest BCUT2D eigenvalue weighted by Gasteiger charge is 2.19. The van der Waals surface area contributed by atoms with Crippen LogP contribution in [0.25, 0.3) is 11.2 Å². The molecule has 0 radical (unpaired) electrons. The molecular formula is C18H15N7OS. The Hall–Kier alpha value is -3.20. The van der Waals surface area contributed by atoms with E-state index in [4.69, 9.17) is 0 Å². The van der Waals surface area contributed by atoms with Crippen LogP contribution in [0.15, 0.2) is 45.3 Å². The van der Waals surface area contributed by atoms with Gasteiger partial charge in [-0.1, -0.05) is 17.8 Å². The third-order valence-electron chi connectivity index (χ3n) is 4.42. The standard InChI is InChI=1S/C18H15N7OS/c1-9-21-16-14(17(26)22-9)23-10(2)25(16)8-11-3-4-13-12(7-11)24-15-18(27-13)20-6-5-19-15/h3-7H,8H2,1-2H3,(H,19,24)(H,21,22,26). The number of anilines is 2. The number of hydrogen-bond acceptors (Lipinski definition) is 7. The maximum absolute atomic E-state index is 12.1. The van der Waals surface area contributed by atoms with Crippen LogP contribution in [0.1, 0.15) is 17.2 Å². The van der Waals surface area contributed by atoms with Gasteiger partial charge in [-0.3, -0.25) is 4.79 Å². The highest BCUT2D eigenvalue weighted by Crippen LogP contribution is 2.42. The molecule has 8 nitrogen and oxygen atoms in total. The van der Waals surface area contributed by atoms with Crippen molar-refractivity contribution in [1.29, 1.82) is 0 Å². The predicted molar refractivity (Wildman–Crippen MR) is 103 cm³/mol. The fraction of sp³-hybridized carbons (Fsp3) is 0.167. The van der Waals surface area contributed by atoms with Gasteiger partial charge in [-0.25, -0.2) is 19.9 Å². The molecule has 0 bridgehead atoms. The first-order valence-electron chi connectivity index (χ1n) is 8.41. The molecule has 2 N–H and O–H groups in total. The van der Waals surface area contributed by atoms with Gasteiger partial charge in [-0.05, 0) is 31.5 Å². The quantitative estimate of drug-likeness (QED) is 0.488. The van der Waals surface area contributed by atoms with E-state index in [0.29, 0.717) is 23.5 Å². The maximum atomic E-state index is 12.1. The molecule has 5 rings (SSSR count). The summed E-state index contributed by atoms with van der Waals surface area (Å²) in [6.07, 6.45) is 3.37. The summed E-state index contributed by atoms with van der Waals surface area (Å²) in [5.41, 5.74) is 2.84. The van der Waals surface area contributed by atoms with Crippen LogP contribution in [-0.4, -0.2) is 29.5 Å². The first-order valence-corrected chi connectivity index (χ1v) is 9.23. The van der Waals surface area contributed by atoms with Crippen molar-refractivity contribution in [2.24, 2.45) is 0 Å². The van der Waals surface area contributed by atoms with E-state index in [2.05, 4.69) is 48.4 Å². The SMILES string of the molecule is Cc1nc2c(nc(C)n2Cc2ccc3c(c2)Nc2nccnc2S3)c(=O)[nH]1. The van der Waals surface area contributed by atoms with Crippen LogP contribution in [0.2, 0.25) is 0 Å². The summed E-state index contributed by atoms with van der Waals surface area (Å²) in [5.74, 6) is 2.09. The average molecular weight is 377 g/mol. The van der Waals surface area contributed by atoms with Crippen molar-refractivity contribution in [3.05, 3.63) is 58.2 Å². The predicted octanol–water partition coefficient (Wildman–Crippen LogP) is 2.78. The summed E-state index contributed by atoms with van der Waals surface area (Å²) in [7, 11) is 0. The molecule has 3 aromatic heterocycles. The van der Waals surface area contributed by atoms with Gasteiger partial charge in [0.15, 0.2) is 17.0 Å². The van der Waals surface area contributed by atoms with Crippen molar-refractivity contribution >= 4 is 34.4 Å². The first-order chi connectivity index (χ1) is 13.1. The summed E-state index contributed by atoms with van der Waals surface area (Å²) >= 11 is 1.60. The molecule has 0 unspecified atom stereocenters. The lowest BCUT2D eigenvalue weighted by Gasteiger charge is -2.19. The van der Waals surface area contributed by atoms with Crippen LogP contribution >= 0.6 is 11.8 Å². The van der Waals surface area contributed by atoms with Crippen LogP contribution < -0.4 is 10.9 Å². The first kappa shape index (κ1) is 16.0. The summed E-state index contributed by atoms with van der Waals surface area (Å²) in [5, 5.41) is 4.21. The molecular weight excluding hydrogens is 362 g/mol. The number of nitrogens with zero attached hydrogens (tertiary/aromatic N) is 5. The zero-order valence-electron chi connectivity index (χ0n) is 14.6. The minimum Gasteiger partial charge on any atom is -0.337 e. The fourth-order valence-electron chi connectivity index (χ4n) is 3.18. The molecule has 0 aliphatic carbocycles. The molecule has 1 aliphatic heterocycles. The molecule has 0 fully saturated rings. The fourth-order valence-corrected chi connectivity index (χ4v) is 4.06. The van der Waals surface area contributed by atoms with E-state index < -0.39 is 0 Å². The molecule has 9 heteroatoms. The Balaban J connectivity index is 1.54. The van der Waals surface area contributed by atoms with Crippen LogP contribution in [0.4, 0.5) is 11.5 Å². The third kappa shape index (κ3) is 2.67. The molecule has 1 aliphatic rings. The second-order valence-corrected chi connectivity index (χ2v) is 7.37. The second kappa shape index (κ2) is 5.92. The highest BCUT2D eigenvalue weighted by atomic mass is 32.2. The van der Waals surface area contributed by atoms with Crippen molar-refractivity contribution in [3.8, 4) is 0 Å². The summed E-state index contributed by atoms with van der Waals surface area (Å²) < 4.78 is 1.96. The minimum atomic E-state index is -0.210. The number of rotatable bonds is 2. The molecule has 4 heterocycles. The van der Waals surface area contributed by atoms with E-state index in [0.717, 1.165) is 32.8 Å². The lowest BCUT2D eigenvalue weighted by Crippen LogP contribution is -2.11. The number of nitrogens with one attached hydrogen (secondary N) is 2. The van der Waals surface area contributed by atoms with Gasteiger partial charge in [0.1, 0.15) is 16.7 Å². The lowest BCUT2D eigenvalue weighted by atomic mass is 10.2. The van der Waals surface area contributed by atoms with Crippen LogP contribution in [0.5, 0.6) is 0 Å². The smallest absolute Gasteiger partial charge is 0.279 e. The molecule has 0 saturated heterocycles. The van der Waals surface area contributed by atoms with Gasteiger partial charge < -0.3 is 14.9 Å². The number of aryl methyl sites for hydroxylation is 2. The Bertz CT molecular complexity index is 1260. The van der Waals surface area contributed by atoms with Gasteiger partial charge in [-0.2, -0.15) is 0 Å². The molecule has 134 valence electrons. The van der Waals surface area contributed by atoms with Crippen molar-refractivity contribution in [1.82, 2.24) is 29.5 Å². The minimum absolute atomic E-state index is 0.210. The van der Waals surface area contributed by atoms with E-state index in [9.17, 15) is 4.79 Å². The van der Waals surface area contributed by atoms with E-state index in [1.807, 2.05) is 11.5 Å². The average Bonchev–Trinajstić information content (AvgIpc) is 2.96. The summed E-state index contributed by atoms with van der Waals surface area (Å²) in [6, 6.07) is 6.23. The molecule has 27 heavy (non-hydrogen) atoms. The highest BCUT2D eigenvalue weighted by molar-refractivity contribution is 7.99. The zero-order chi connectivity index (χ0) is 18.5. The number of aromatic amines is 1. The number of benzene rings is 1. The van der Waals surface area contributed by atoms with Crippen LogP contribution in [-0.2, 0) is 6.54 Å². The van der Waals surface area contributed by atoms with Crippen LogP contribution in [0, 0.1) is 13.8 Å². The monoisotopic (exact) mass is 377 g/mol.